The number of ether oxygens (including phenoxy) is 4. The van der Waals surface area contributed by atoms with Gasteiger partial charge < -0.3 is 18.9 Å². The Hall–Kier alpha value is -3.56. The number of anilines is 1. The van der Waals surface area contributed by atoms with Crippen LogP contribution < -0.4 is 4.90 Å². The summed E-state index contributed by atoms with van der Waals surface area (Å²) >= 11 is 0. The molecule has 0 saturated carbocycles. The molecule has 2 amide bonds. The van der Waals surface area contributed by atoms with Crippen LogP contribution in [0.2, 0.25) is 0 Å². The minimum absolute atomic E-state index is 0.0375. The number of benzene rings is 1. The number of likely N-dealkylation sites (tertiary alicyclic amines) is 1. The van der Waals surface area contributed by atoms with E-state index in [0.29, 0.717) is 11.3 Å². The van der Waals surface area contributed by atoms with Crippen LogP contribution in [0.3, 0.4) is 0 Å². The summed E-state index contributed by atoms with van der Waals surface area (Å²) in [6.45, 7) is 12.2. The number of hydrogen-bond donors (Lipinski definition) is 0. The fraction of sp³-hybridized carbons (Fsp3) is 0.556. The number of para-hydroxylation sites is 1. The number of esters is 2. The predicted molar refractivity (Wildman–Crippen MR) is 135 cm³/mol. The molecule has 2 aliphatic rings. The van der Waals surface area contributed by atoms with Crippen LogP contribution in [0.15, 0.2) is 36.4 Å². The van der Waals surface area contributed by atoms with Crippen molar-refractivity contribution in [3.05, 3.63) is 42.0 Å². The molecule has 0 radical (unpaired) electrons. The van der Waals surface area contributed by atoms with E-state index in [4.69, 9.17) is 18.9 Å². The van der Waals surface area contributed by atoms with Gasteiger partial charge in [0.1, 0.15) is 23.4 Å². The summed E-state index contributed by atoms with van der Waals surface area (Å²) in [6, 6.07) is 5.98. The van der Waals surface area contributed by atoms with Crippen LogP contribution in [-0.2, 0) is 34.0 Å². The molecule has 0 bridgehead atoms. The number of rotatable bonds is 4. The Morgan fingerprint density at radius 2 is 1.59 bits per heavy atom. The van der Waals surface area contributed by atoms with E-state index >= 15 is 0 Å². The van der Waals surface area contributed by atoms with Crippen LogP contribution in [0, 0.1) is 0 Å². The third-order valence-electron chi connectivity index (χ3n) is 5.97. The second kappa shape index (κ2) is 10.1. The van der Waals surface area contributed by atoms with E-state index in [1.165, 1.54) is 23.0 Å². The molecule has 0 spiro atoms. The van der Waals surface area contributed by atoms with E-state index < -0.39 is 52.9 Å². The fourth-order valence-electron chi connectivity index (χ4n) is 4.79. The van der Waals surface area contributed by atoms with Crippen LogP contribution in [-0.4, -0.2) is 66.2 Å². The number of carbonyl (C=O) groups is 4. The highest BCUT2D eigenvalue weighted by Crippen LogP contribution is 2.55. The average molecular weight is 517 g/mol. The summed E-state index contributed by atoms with van der Waals surface area (Å²) in [4.78, 5) is 55.2. The third kappa shape index (κ3) is 5.57. The number of hydrogen-bond acceptors (Lipinski definition) is 8. The molecule has 3 atom stereocenters. The number of fused-ring (bicyclic) bond motifs is 3. The summed E-state index contributed by atoms with van der Waals surface area (Å²) in [6.07, 6.45) is 0.300. The van der Waals surface area contributed by atoms with Gasteiger partial charge in [0, 0.05) is 6.08 Å². The van der Waals surface area contributed by atoms with Crippen LogP contribution in [0.4, 0.5) is 15.3 Å². The van der Waals surface area contributed by atoms with Gasteiger partial charge in [0.05, 0.1) is 24.8 Å². The summed E-state index contributed by atoms with van der Waals surface area (Å²) in [5.74, 6) is -1.26. The Kier molecular flexibility index (Phi) is 7.62. The van der Waals surface area contributed by atoms with E-state index in [1.54, 1.807) is 78.8 Å². The van der Waals surface area contributed by atoms with Gasteiger partial charge in [0.2, 0.25) is 0 Å². The highest BCUT2D eigenvalue weighted by molar-refractivity contribution is 5.96. The van der Waals surface area contributed by atoms with Gasteiger partial charge in [-0.05, 0) is 66.5 Å². The van der Waals surface area contributed by atoms with E-state index in [9.17, 15) is 19.2 Å². The number of methoxy groups -OCH3 is 1. The van der Waals surface area contributed by atoms with Crippen molar-refractivity contribution in [1.82, 2.24) is 4.90 Å². The molecule has 10 nitrogen and oxygen atoms in total. The Balaban J connectivity index is 2.28. The lowest BCUT2D eigenvalue weighted by molar-refractivity contribution is -0.146. The zero-order valence-electron chi connectivity index (χ0n) is 22.7. The van der Waals surface area contributed by atoms with Crippen LogP contribution >= 0.6 is 0 Å². The van der Waals surface area contributed by atoms with Crippen molar-refractivity contribution < 1.29 is 38.1 Å². The van der Waals surface area contributed by atoms with Crippen molar-refractivity contribution in [2.24, 2.45) is 0 Å². The maximum Gasteiger partial charge on any atom is 0.416 e. The molecule has 0 aromatic heterocycles. The molecule has 10 heteroatoms. The second-order valence-electron chi connectivity index (χ2n) is 11.0. The van der Waals surface area contributed by atoms with Gasteiger partial charge >= 0.3 is 24.1 Å². The Labute approximate surface area is 217 Å². The monoisotopic (exact) mass is 516 g/mol. The van der Waals surface area contributed by atoms with E-state index in [0.717, 1.165) is 0 Å². The van der Waals surface area contributed by atoms with Gasteiger partial charge in [-0.15, -0.1) is 0 Å². The quantitative estimate of drug-likeness (QED) is 0.331. The molecule has 1 saturated heterocycles. The van der Waals surface area contributed by atoms with Crippen molar-refractivity contribution >= 4 is 29.8 Å². The largest absolute Gasteiger partial charge is 0.467 e. The van der Waals surface area contributed by atoms with Gasteiger partial charge in [-0.25, -0.2) is 19.2 Å². The van der Waals surface area contributed by atoms with Crippen LogP contribution in [0.25, 0.3) is 0 Å². The molecular formula is C27H36N2O8. The van der Waals surface area contributed by atoms with Crippen molar-refractivity contribution in [3.63, 3.8) is 0 Å². The smallest absolute Gasteiger partial charge is 0.416 e. The molecule has 1 fully saturated rings. The normalized spacial score (nSPS) is 22.9. The van der Waals surface area contributed by atoms with Crippen LogP contribution in [0.1, 0.15) is 60.5 Å². The maximum absolute atomic E-state index is 13.6. The topological polar surface area (TPSA) is 112 Å². The molecule has 0 N–H and O–H groups in total. The first-order valence-electron chi connectivity index (χ1n) is 12.2. The Morgan fingerprint density at radius 3 is 2.16 bits per heavy atom. The molecule has 202 valence electrons. The standard InChI is InChI=1S/C27H36N2O8/c1-9-35-20(30)14-15-27-16-19(21(31)34-8)29(24(33)37-26(5,6)7)22(27)28(23(32)36-25(2,3)4)18-13-11-10-12-17(18)27/h10-15,19,22H,9,16H2,1-8H3/b15-14+/t19-,22-,27-/m0/s1. The number of nitrogens with zero attached hydrogens (tertiary/aromatic N) is 2. The van der Waals surface area contributed by atoms with E-state index in [2.05, 4.69) is 0 Å². The highest BCUT2D eigenvalue weighted by atomic mass is 16.6. The van der Waals surface area contributed by atoms with Gasteiger partial charge in [0.25, 0.3) is 0 Å². The molecule has 37 heavy (non-hydrogen) atoms. The van der Waals surface area contributed by atoms with Gasteiger partial charge in [0.15, 0.2) is 0 Å². The first kappa shape index (κ1) is 28.0. The Bertz CT molecular complexity index is 1100. The minimum Gasteiger partial charge on any atom is -0.467 e. The maximum atomic E-state index is 13.6. The average Bonchev–Trinajstić information content (AvgIpc) is 3.25. The lowest BCUT2D eigenvalue weighted by Crippen LogP contribution is -2.57. The molecular weight excluding hydrogens is 480 g/mol. The lowest BCUT2D eigenvalue weighted by atomic mass is 9.77. The van der Waals surface area contributed by atoms with Crippen molar-refractivity contribution in [3.8, 4) is 0 Å². The molecule has 1 aromatic carbocycles. The van der Waals surface area contributed by atoms with Gasteiger partial charge in [-0.2, -0.15) is 0 Å². The summed E-state index contributed by atoms with van der Waals surface area (Å²) in [5.41, 5.74) is -1.74. The van der Waals surface area contributed by atoms with Crippen molar-refractivity contribution in [2.75, 3.05) is 18.6 Å². The van der Waals surface area contributed by atoms with Crippen molar-refractivity contribution in [2.45, 2.75) is 83.7 Å². The third-order valence-corrected chi connectivity index (χ3v) is 5.97. The molecule has 3 rings (SSSR count). The number of amides is 2. The molecule has 2 heterocycles. The predicted octanol–water partition coefficient (Wildman–Crippen LogP) is 4.31. The van der Waals surface area contributed by atoms with E-state index in [-0.39, 0.29) is 13.0 Å². The molecule has 0 aliphatic carbocycles. The molecule has 2 aliphatic heterocycles. The first-order chi connectivity index (χ1) is 17.1. The van der Waals surface area contributed by atoms with Crippen molar-refractivity contribution in [1.29, 1.82) is 0 Å². The number of carbonyl (C=O) groups excluding carboxylic acids is 4. The van der Waals surface area contributed by atoms with E-state index in [1.807, 2.05) is 0 Å². The summed E-state index contributed by atoms with van der Waals surface area (Å²) in [5, 5.41) is 0. The summed E-state index contributed by atoms with van der Waals surface area (Å²) < 4.78 is 21.5. The fourth-order valence-corrected chi connectivity index (χ4v) is 4.79. The Morgan fingerprint density at radius 1 is 1.00 bits per heavy atom. The zero-order chi connectivity index (χ0) is 27.8. The first-order valence-corrected chi connectivity index (χ1v) is 12.2. The minimum atomic E-state index is -1.16. The van der Waals surface area contributed by atoms with Crippen LogP contribution in [0.5, 0.6) is 0 Å². The van der Waals surface area contributed by atoms with Gasteiger partial charge in [-0.1, -0.05) is 24.3 Å². The summed E-state index contributed by atoms with van der Waals surface area (Å²) in [7, 11) is 1.23. The molecule has 0 unspecified atom stereocenters. The highest BCUT2D eigenvalue weighted by Gasteiger charge is 2.65. The second-order valence-corrected chi connectivity index (χ2v) is 11.0. The molecule has 1 aromatic rings. The van der Waals surface area contributed by atoms with Gasteiger partial charge in [-0.3, -0.25) is 9.80 Å². The lowest BCUT2D eigenvalue weighted by Gasteiger charge is -2.38. The zero-order valence-corrected chi connectivity index (χ0v) is 22.7. The SMILES string of the molecule is CCOC(=O)/C=C/[C@@]12C[C@@H](C(=O)OC)N(C(=O)OC(C)(C)C)[C@@H]1N(C(=O)OC(C)(C)C)c1ccccc12.